The van der Waals surface area contributed by atoms with Crippen LogP contribution in [0.3, 0.4) is 0 Å². The zero-order chi connectivity index (χ0) is 22.3. The quantitative estimate of drug-likeness (QED) is 0.506. The Morgan fingerprint density at radius 3 is 2.57 bits per heavy atom. The lowest BCUT2D eigenvalue weighted by Gasteiger charge is -2.32. The van der Waals surface area contributed by atoms with E-state index in [2.05, 4.69) is 35.4 Å². The van der Waals surface area contributed by atoms with Gasteiger partial charge < -0.3 is 10.2 Å². The summed E-state index contributed by atoms with van der Waals surface area (Å²) in [5, 5.41) is 7.92. The largest absolute Gasteiger partial charge is 0.401 e. The highest BCUT2D eigenvalue weighted by molar-refractivity contribution is 5.79. The van der Waals surface area contributed by atoms with E-state index in [1.807, 2.05) is 25.7 Å². The second kappa shape index (κ2) is 11.0. The van der Waals surface area contributed by atoms with Crippen molar-refractivity contribution in [3.63, 3.8) is 0 Å². The zero-order valence-corrected chi connectivity index (χ0v) is 19.0. The van der Waals surface area contributed by atoms with Crippen LogP contribution in [-0.4, -0.2) is 71.5 Å². The molecule has 1 fully saturated rings. The summed E-state index contributed by atoms with van der Waals surface area (Å²) in [7, 11) is 3.96. The van der Waals surface area contributed by atoms with Crippen LogP contribution in [0.2, 0.25) is 0 Å². The van der Waals surface area contributed by atoms with Crippen molar-refractivity contribution in [1.82, 2.24) is 24.9 Å². The van der Waals surface area contributed by atoms with Gasteiger partial charge in [0.2, 0.25) is 0 Å². The number of rotatable bonds is 8. The number of aryl methyl sites for hydroxylation is 1. The fourth-order valence-electron chi connectivity index (χ4n) is 4.00. The van der Waals surface area contributed by atoms with E-state index in [1.54, 1.807) is 0 Å². The van der Waals surface area contributed by atoms with E-state index in [0.717, 1.165) is 44.0 Å². The van der Waals surface area contributed by atoms with Gasteiger partial charge in [-0.05, 0) is 51.1 Å². The molecular formula is C21H37F3N6. The molecular weight excluding hydrogens is 393 g/mol. The molecule has 0 spiro atoms. The van der Waals surface area contributed by atoms with Gasteiger partial charge in [-0.25, -0.2) is 0 Å². The lowest BCUT2D eigenvalue weighted by molar-refractivity contribution is -0.148. The Hall–Kier alpha value is -1.77. The van der Waals surface area contributed by atoms with Gasteiger partial charge in [0.1, 0.15) is 0 Å². The molecule has 172 valence electrons. The van der Waals surface area contributed by atoms with E-state index in [4.69, 9.17) is 4.99 Å². The van der Waals surface area contributed by atoms with Gasteiger partial charge in [-0.2, -0.15) is 18.3 Å². The predicted octanol–water partition coefficient (Wildman–Crippen LogP) is 3.61. The molecule has 1 aromatic heterocycles. The molecule has 1 aromatic rings. The van der Waals surface area contributed by atoms with Crippen LogP contribution in [0.5, 0.6) is 0 Å². The highest BCUT2D eigenvalue weighted by Crippen LogP contribution is 2.24. The van der Waals surface area contributed by atoms with E-state index in [-0.39, 0.29) is 0 Å². The number of hydrogen-bond acceptors (Lipinski definition) is 3. The third-order valence-electron chi connectivity index (χ3n) is 5.50. The Balaban J connectivity index is 1.87. The van der Waals surface area contributed by atoms with Gasteiger partial charge in [-0.15, -0.1) is 0 Å². The average Bonchev–Trinajstić information content (AvgIpc) is 3.01. The normalized spacial score (nSPS) is 17.0. The maximum Gasteiger partial charge on any atom is 0.401 e. The number of alkyl halides is 3. The molecule has 0 amide bonds. The third kappa shape index (κ3) is 7.81. The number of hydrogen-bond donors (Lipinski definition) is 1. The van der Waals surface area contributed by atoms with Gasteiger partial charge >= 0.3 is 6.18 Å². The Labute approximate surface area is 178 Å². The van der Waals surface area contributed by atoms with E-state index < -0.39 is 12.7 Å². The van der Waals surface area contributed by atoms with E-state index in [1.165, 1.54) is 10.5 Å². The first kappa shape index (κ1) is 24.5. The number of piperidine rings is 1. The van der Waals surface area contributed by atoms with Gasteiger partial charge in [0.15, 0.2) is 5.96 Å². The summed E-state index contributed by atoms with van der Waals surface area (Å²) >= 11 is 0. The number of aromatic nitrogens is 2. The summed E-state index contributed by atoms with van der Waals surface area (Å²) in [6.45, 7) is 8.77. The summed E-state index contributed by atoms with van der Waals surface area (Å²) in [4.78, 5) is 8.40. The lowest BCUT2D eigenvalue weighted by atomic mass is 9.93. The van der Waals surface area contributed by atoms with E-state index in [9.17, 15) is 13.2 Å². The van der Waals surface area contributed by atoms with Crippen LogP contribution in [0, 0.1) is 5.92 Å². The molecule has 0 radical (unpaired) electrons. The molecule has 1 saturated heterocycles. The monoisotopic (exact) mass is 430 g/mol. The molecule has 2 heterocycles. The highest BCUT2D eigenvalue weighted by Gasteiger charge is 2.32. The second-order valence-corrected chi connectivity index (χ2v) is 8.58. The van der Waals surface area contributed by atoms with Gasteiger partial charge in [-0.3, -0.25) is 14.6 Å². The molecule has 1 N–H and O–H groups in total. The molecule has 1 aliphatic heterocycles. The summed E-state index contributed by atoms with van der Waals surface area (Å²) in [5.74, 6) is 1.65. The van der Waals surface area contributed by atoms with Gasteiger partial charge in [-0.1, -0.05) is 13.8 Å². The van der Waals surface area contributed by atoms with Crippen molar-refractivity contribution in [1.29, 1.82) is 0 Å². The Kier molecular flexibility index (Phi) is 9.00. The van der Waals surface area contributed by atoms with Crippen LogP contribution < -0.4 is 5.32 Å². The lowest BCUT2D eigenvalue weighted by Crippen LogP contribution is -2.40. The van der Waals surface area contributed by atoms with Crippen LogP contribution in [0.1, 0.15) is 57.2 Å². The van der Waals surface area contributed by atoms with Gasteiger partial charge in [0, 0.05) is 45.5 Å². The molecule has 0 bridgehead atoms. The molecule has 6 nitrogen and oxygen atoms in total. The maximum absolute atomic E-state index is 12.5. The first-order valence-electron chi connectivity index (χ1n) is 10.9. The fourth-order valence-corrected chi connectivity index (χ4v) is 4.00. The van der Waals surface area contributed by atoms with Crippen molar-refractivity contribution in [3.05, 3.63) is 17.5 Å². The summed E-state index contributed by atoms with van der Waals surface area (Å²) in [5.41, 5.74) is 2.29. The molecule has 1 aliphatic rings. The van der Waals surface area contributed by atoms with E-state index in [0.29, 0.717) is 31.5 Å². The number of guanidine groups is 1. The Morgan fingerprint density at radius 2 is 2.00 bits per heavy atom. The molecule has 0 unspecified atom stereocenters. The number of likely N-dealkylation sites (tertiary alicyclic amines) is 1. The van der Waals surface area contributed by atoms with Gasteiger partial charge in [0.25, 0.3) is 0 Å². The molecule has 0 atom stereocenters. The molecule has 0 aromatic carbocycles. The number of nitrogens with zero attached hydrogens (tertiary/aromatic N) is 5. The summed E-state index contributed by atoms with van der Waals surface area (Å²) in [6.07, 6.45) is 0.486. The SMILES string of the molecule is CCNC(=NCCC1CCN(CC(F)(F)F)CC1)N(C)Cc1cn(C)nc1C(C)C. The molecule has 0 saturated carbocycles. The highest BCUT2D eigenvalue weighted by atomic mass is 19.4. The van der Waals surface area contributed by atoms with Crippen molar-refractivity contribution in [2.24, 2.45) is 18.0 Å². The topological polar surface area (TPSA) is 48.7 Å². The molecule has 9 heteroatoms. The van der Waals surface area contributed by atoms with Crippen LogP contribution >= 0.6 is 0 Å². The summed E-state index contributed by atoms with van der Waals surface area (Å²) in [6, 6.07) is 0. The minimum absolute atomic E-state index is 0.359. The fraction of sp³-hybridized carbons (Fsp3) is 0.810. The van der Waals surface area contributed by atoms with Crippen molar-refractivity contribution in [2.75, 3.05) is 39.8 Å². The van der Waals surface area contributed by atoms with Gasteiger partial charge in [0.05, 0.1) is 12.2 Å². The van der Waals surface area contributed by atoms with Crippen LogP contribution in [0.4, 0.5) is 13.2 Å². The molecule has 2 rings (SSSR count). The number of nitrogens with one attached hydrogen (secondary N) is 1. The number of aliphatic imine (C=N–C) groups is 1. The minimum Gasteiger partial charge on any atom is -0.357 e. The first-order valence-corrected chi connectivity index (χ1v) is 10.9. The molecule has 0 aliphatic carbocycles. The van der Waals surface area contributed by atoms with Crippen LogP contribution in [0.15, 0.2) is 11.2 Å². The van der Waals surface area contributed by atoms with Crippen LogP contribution in [0.25, 0.3) is 0 Å². The van der Waals surface area contributed by atoms with Crippen molar-refractivity contribution in [3.8, 4) is 0 Å². The third-order valence-corrected chi connectivity index (χ3v) is 5.50. The van der Waals surface area contributed by atoms with Crippen molar-refractivity contribution < 1.29 is 13.2 Å². The Morgan fingerprint density at radius 1 is 1.33 bits per heavy atom. The smallest absolute Gasteiger partial charge is 0.357 e. The second-order valence-electron chi connectivity index (χ2n) is 8.58. The van der Waals surface area contributed by atoms with E-state index >= 15 is 0 Å². The number of halogens is 3. The maximum atomic E-state index is 12.5. The van der Waals surface area contributed by atoms with Crippen molar-refractivity contribution in [2.45, 2.75) is 58.7 Å². The minimum atomic E-state index is -4.11. The zero-order valence-electron chi connectivity index (χ0n) is 19.0. The first-order chi connectivity index (χ1) is 14.1. The van der Waals surface area contributed by atoms with Crippen molar-refractivity contribution >= 4 is 5.96 Å². The molecule has 30 heavy (non-hydrogen) atoms. The Bertz CT molecular complexity index is 675. The van der Waals surface area contributed by atoms with Crippen LogP contribution in [-0.2, 0) is 13.6 Å². The summed E-state index contributed by atoms with van der Waals surface area (Å²) < 4.78 is 39.4. The average molecular weight is 431 g/mol. The predicted molar refractivity (Wildman–Crippen MR) is 115 cm³/mol. The standard InChI is InChI=1S/C21H37F3N6/c1-6-25-20(28(4)13-18-14-29(5)27-19(18)16(2)3)26-10-7-17-8-11-30(12-9-17)15-21(22,23)24/h14,16-17H,6-13,15H2,1-5H3,(H,25,26).